The fourth-order valence-electron chi connectivity index (χ4n) is 3.13. The van der Waals surface area contributed by atoms with E-state index in [0.29, 0.717) is 25.9 Å². The second-order valence-corrected chi connectivity index (χ2v) is 5.87. The monoisotopic (exact) mass is 328 g/mol. The van der Waals surface area contributed by atoms with Gasteiger partial charge in [-0.1, -0.05) is 0 Å². The Morgan fingerprint density at radius 3 is 2.87 bits per heavy atom. The number of carboxylic acid groups (broad SMARTS) is 1. The number of carbonyl (C=O) groups is 3. The standard InChI is InChI=1S/C13H20N4O6/c18-11(19)7-22-17-8-1-2-10(16(6-8)13(17)21)12(20)15-23-9-3-4-14-5-9/h8-10,14H,1-7H2,(H,15,20)(H,18,19)/t8-,9+,10-/m1/s1. The molecule has 10 heteroatoms. The summed E-state index contributed by atoms with van der Waals surface area (Å²) in [5, 5.41) is 12.9. The molecule has 0 aromatic carbocycles. The SMILES string of the molecule is O=C(O)CON1C(=O)N2C[C@H]1CC[C@@H]2C(=O)NO[C@H]1CCNC1. The van der Waals surface area contributed by atoms with Crippen LogP contribution in [0.3, 0.4) is 0 Å². The van der Waals surface area contributed by atoms with Crippen molar-refractivity contribution in [3.05, 3.63) is 0 Å². The zero-order valence-electron chi connectivity index (χ0n) is 12.6. The van der Waals surface area contributed by atoms with Crippen LogP contribution in [-0.2, 0) is 19.3 Å². The van der Waals surface area contributed by atoms with E-state index in [-0.39, 0.29) is 18.1 Å². The van der Waals surface area contributed by atoms with Crippen LogP contribution >= 0.6 is 0 Å². The first-order chi connectivity index (χ1) is 11.1. The van der Waals surface area contributed by atoms with Gasteiger partial charge >= 0.3 is 12.0 Å². The highest BCUT2D eigenvalue weighted by Gasteiger charge is 2.48. The van der Waals surface area contributed by atoms with Crippen LogP contribution in [0, 0.1) is 0 Å². The molecule has 0 aromatic rings. The van der Waals surface area contributed by atoms with Gasteiger partial charge in [0.15, 0.2) is 6.61 Å². The predicted octanol–water partition coefficient (Wildman–Crippen LogP) is -1.32. The second kappa shape index (κ2) is 6.69. The third-order valence-corrected chi connectivity index (χ3v) is 4.29. The Bertz CT molecular complexity index is 495. The molecule has 3 heterocycles. The minimum Gasteiger partial charge on any atom is -0.479 e. The van der Waals surface area contributed by atoms with Crippen LogP contribution in [0.5, 0.6) is 0 Å². The third kappa shape index (κ3) is 3.38. The van der Waals surface area contributed by atoms with Gasteiger partial charge in [0.2, 0.25) is 0 Å². The molecule has 3 aliphatic heterocycles. The Morgan fingerprint density at radius 2 is 2.17 bits per heavy atom. The normalized spacial score (nSPS) is 29.9. The van der Waals surface area contributed by atoms with Crippen LogP contribution in [0.15, 0.2) is 0 Å². The van der Waals surface area contributed by atoms with Gasteiger partial charge in [-0.25, -0.2) is 15.1 Å². The first-order valence-corrected chi connectivity index (χ1v) is 7.67. The fourth-order valence-corrected chi connectivity index (χ4v) is 3.13. The van der Waals surface area contributed by atoms with Crippen LogP contribution in [0.1, 0.15) is 19.3 Å². The van der Waals surface area contributed by atoms with Gasteiger partial charge in [0.05, 0.1) is 12.1 Å². The van der Waals surface area contributed by atoms with Crippen LogP contribution in [-0.4, -0.2) is 77.4 Å². The Hall–Kier alpha value is -1.91. The number of carbonyl (C=O) groups excluding carboxylic acids is 2. The van der Waals surface area contributed by atoms with E-state index in [1.165, 1.54) is 4.90 Å². The zero-order chi connectivity index (χ0) is 16.4. The molecule has 2 bridgehead atoms. The van der Waals surface area contributed by atoms with E-state index in [0.717, 1.165) is 18.0 Å². The number of aliphatic carboxylic acids is 1. The van der Waals surface area contributed by atoms with Crippen molar-refractivity contribution >= 4 is 17.9 Å². The number of amides is 3. The van der Waals surface area contributed by atoms with Crippen molar-refractivity contribution in [2.75, 3.05) is 26.2 Å². The number of piperidine rings is 1. The summed E-state index contributed by atoms with van der Waals surface area (Å²) in [4.78, 5) is 46.9. The zero-order valence-corrected chi connectivity index (χ0v) is 12.6. The van der Waals surface area contributed by atoms with E-state index >= 15 is 0 Å². The van der Waals surface area contributed by atoms with Gasteiger partial charge in [0.1, 0.15) is 6.04 Å². The Kier molecular flexibility index (Phi) is 4.64. The van der Waals surface area contributed by atoms with Crippen molar-refractivity contribution in [2.24, 2.45) is 0 Å². The third-order valence-electron chi connectivity index (χ3n) is 4.29. The fraction of sp³-hybridized carbons (Fsp3) is 0.769. The van der Waals surface area contributed by atoms with E-state index in [1.807, 2.05) is 0 Å². The van der Waals surface area contributed by atoms with Gasteiger partial charge in [-0.05, 0) is 25.8 Å². The molecule has 3 aliphatic rings. The lowest BCUT2D eigenvalue weighted by Crippen LogP contribution is -2.50. The minimum atomic E-state index is -1.15. The predicted molar refractivity (Wildman–Crippen MR) is 74.8 cm³/mol. The molecule has 3 N–H and O–H groups in total. The summed E-state index contributed by atoms with van der Waals surface area (Å²) in [6.07, 6.45) is 1.83. The molecule has 0 radical (unpaired) electrons. The lowest BCUT2D eigenvalue weighted by atomic mass is 10.0. The highest BCUT2D eigenvalue weighted by atomic mass is 16.7. The first-order valence-electron chi connectivity index (χ1n) is 7.67. The molecule has 0 spiro atoms. The average Bonchev–Trinajstić information content (AvgIpc) is 3.12. The van der Waals surface area contributed by atoms with Crippen LogP contribution < -0.4 is 10.8 Å². The quantitative estimate of drug-likeness (QED) is 0.517. The highest BCUT2D eigenvalue weighted by molar-refractivity contribution is 5.88. The van der Waals surface area contributed by atoms with Crippen molar-refractivity contribution < 1.29 is 29.2 Å². The van der Waals surface area contributed by atoms with Crippen molar-refractivity contribution in [1.29, 1.82) is 0 Å². The summed E-state index contributed by atoms with van der Waals surface area (Å²) in [5.74, 6) is -1.51. The number of hydrogen-bond donors (Lipinski definition) is 3. The second-order valence-electron chi connectivity index (χ2n) is 5.87. The summed E-state index contributed by atoms with van der Waals surface area (Å²) >= 11 is 0. The molecule has 0 saturated carbocycles. The topological polar surface area (TPSA) is 120 Å². The summed E-state index contributed by atoms with van der Waals surface area (Å²) in [6, 6.07) is -1.31. The van der Waals surface area contributed by atoms with Crippen LogP contribution in [0.25, 0.3) is 0 Å². The number of carboxylic acids is 1. The number of fused-ring (bicyclic) bond motifs is 2. The number of urea groups is 1. The molecular weight excluding hydrogens is 308 g/mol. The molecule has 3 amide bonds. The summed E-state index contributed by atoms with van der Waals surface area (Å²) < 4.78 is 0. The van der Waals surface area contributed by atoms with E-state index < -0.39 is 24.6 Å². The van der Waals surface area contributed by atoms with Gasteiger partial charge in [-0.3, -0.25) is 14.5 Å². The Balaban J connectivity index is 1.55. The molecule has 3 atom stereocenters. The maximum absolute atomic E-state index is 12.3. The molecule has 0 aromatic heterocycles. The molecular formula is C13H20N4O6. The van der Waals surface area contributed by atoms with E-state index in [9.17, 15) is 14.4 Å². The highest BCUT2D eigenvalue weighted by Crippen LogP contribution is 2.30. The number of nitrogens with one attached hydrogen (secondary N) is 2. The average molecular weight is 328 g/mol. The lowest BCUT2D eigenvalue weighted by Gasteiger charge is -2.29. The van der Waals surface area contributed by atoms with Gasteiger partial charge in [0, 0.05) is 13.1 Å². The molecule has 3 rings (SSSR count). The Morgan fingerprint density at radius 1 is 1.35 bits per heavy atom. The van der Waals surface area contributed by atoms with E-state index in [4.69, 9.17) is 14.8 Å². The number of hydroxylamine groups is 3. The molecule has 0 aliphatic carbocycles. The smallest absolute Gasteiger partial charge is 0.345 e. The lowest BCUT2D eigenvalue weighted by molar-refractivity contribution is -0.167. The molecule has 23 heavy (non-hydrogen) atoms. The van der Waals surface area contributed by atoms with E-state index in [2.05, 4.69) is 10.8 Å². The minimum absolute atomic E-state index is 0.0556. The van der Waals surface area contributed by atoms with E-state index in [1.54, 1.807) is 0 Å². The molecule has 128 valence electrons. The van der Waals surface area contributed by atoms with Crippen molar-refractivity contribution in [3.63, 3.8) is 0 Å². The van der Waals surface area contributed by atoms with Crippen molar-refractivity contribution in [2.45, 2.75) is 37.5 Å². The molecule has 3 saturated heterocycles. The van der Waals surface area contributed by atoms with Crippen molar-refractivity contribution in [1.82, 2.24) is 20.8 Å². The van der Waals surface area contributed by atoms with Crippen molar-refractivity contribution in [3.8, 4) is 0 Å². The molecule has 10 nitrogen and oxygen atoms in total. The number of hydrogen-bond acceptors (Lipinski definition) is 6. The summed E-state index contributed by atoms with van der Waals surface area (Å²) in [6.45, 7) is 1.31. The van der Waals surface area contributed by atoms with Gasteiger partial charge in [0.25, 0.3) is 5.91 Å². The van der Waals surface area contributed by atoms with Gasteiger partial charge in [-0.2, -0.15) is 5.06 Å². The maximum atomic E-state index is 12.3. The van der Waals surface area contributed by atoms with Crippen LogP contribution in [0.4, 0.5) is 4.79 Å². The Labute approximate surface area is 132 Å². The molecule has 0 unspecified atom stereocenters. The number of nitrogens with zero attached hydrogens (tertiary/aromatic N) is 2. The largest absolute Gasteiger partial charge is 0.479 e. The molecule has 3 fully saturated rings. The van der Waals surface area contributed by atoms with Gasteiger partial charge < -0.3 is 15.3 Å². The number of rotatable bonds is 6. The van der Waals surface area contributed by atoms with Gasteiger partial charge in [-0.15, -0.1) is 0 Å². The summed E-state index contributed by atoms with van der Waals surface area (Å²) in [5.41, 5.74) is 2.44. The van der Waals surface area contributed by atoms with Crippen LogP contribution in [0.2, 0.25) is 0 Å². The summed E-state index contributed by atoms with van der Waals surface area (Å²) in [7, 11) is 0. The first kappa shape index (κ1) is 16.0. The maximum Gasteiger partial charge on any atom is 0.345 e.